The van der Waals surface area contributed by atoms with E-state index in [0.29, 0.717) is 5.54 Å². The quantitative estimate of drug-likeness (QED) is 0.862. The van der Waals surface area contributed by atoms with Crippen LogP contribution >= 0.6 is 0 Å². The van der Waals surface area contributed by atoms with Gasteiger partial charge in [-0.1, -0.05) is 6.07 Å². The van der Waals surface area contributed by atoms with Crippen LogP contribution in [0.15, 0.2) is 24.5 Å². The van der Waals surface area contributed by atoms with Crippen molar-refractivity contribution in [1.82, 2.24) is 14.8 Å². The molecule has 2 atom stereocenters. The van der Waals surface area contributed by atoms with Gasteiger partial charge in [0.15, 0.2) is 0 Å². The fourth-order valence-electron chi connectivity index (χ4n) is 3.40. The number of rotatable bonds is 6. The van der Waals surface area contributed by atoms with Crippen LogP contribution in [-0.2, 0) is 0 Å². The molecule has 1 aliphatic carbocycles. The molecule has 1 aromatic rings. The van der Waals surface area contributed by atoms with E-state index >= 15 is 0 Å². The van der Waals surface area contributed by atoms with Gasteiger partial charge < -0.3 is 10.6 Å². The number of aromatic nitrogens is 1. The van der Waals surface area contributed by atoms with Crippen molar-refractivity contribution in [3.05, 3.63) is 30.1 Å². The standard InChI is InChI=1S/C16H28N4/c1-13(17)15(14-7-5-10-18-11-14)20(4)12-16(19(2)3)8-6-9-16/h5,7,10-11,13,15H,6,8-9,12,17H2,1-4H3. The average Bonchev–Trinajstić information content (AvgIpc) is 2.34. The van der Waals surface area contributed by atoms with Crippen LogP contribution in [0.5, 0.6) is 0 Å². The van der Waals surface area contributed by atoms with Crippen molar-refractivity contribution >= 4 is 0 Å². The zero-order valence-corrected chi connectivity index (χ0v) is 13.2. The molecule has 0 spiro atoms. The maximum atomic E-state index is 6.24. The Labute approximate surface area is 123 Å². The van der Waals surface area contributed by atoms with Crippen LogP contribution in [0.1, 0.15) is 37.8 Å². The first-order valence-corrected chi connectivity index (χ1v) is 7.49. The van der Waals surface area contributed by atoms with Gasteiger partial charge in [-0.15, -0.1) is 0 Å². The van der Waals surface area contributed by atoms with Crippen LogP contribution < -0.4 is 5.73 Å². The normalized spacial score (nSPS) is 20.8. The molecule has 0 amide bonds. The molecule has 0 bridgehead atoms. The molecule has 112 valence electrons. The number of nitrogens with two attached hydrogens (primary N) is 1. The van der Waals surface area contributed by atoms with E-state index in [2.05, 4.69) is 48.9 Å². The van der Waals surface area contributed by atoms with E-state index in [9.17, 15) is 0 Å². The van der Waals surface area contributed by atoms with Crippen LogP contribution in [0, 0.1) is 0 Å². The van der Waals surface area contributed by atoms with E-state index in [-0.39, 0.29) is 12.1 Å². The lowest BCUT2D eigenvalue weighted by Gasteiger charge is -2.50. The minimum absolute atomic E-state index is 0.0866. The molecule has 0 aromatic carbocycles. The third-order valence-electron chi connectivity index (χ3n) is 4.78. The summed E-state index contributed by atoms with van der Waals surface area (Å²) in [6.07, 6.45) is 7.65. The van der Waals surface area contributed by atoms with Crippen molar-refractivity contribution in [2.45, 2.75) is 43.8 Å². The highest BCUT2D eigenvalue weighted by molar-refractivity contribution is 5.16. The van der Waals surface area contributed by atoms with Gasteiger partial charge >= 0.3 is 0 Å². The van der Waals surface area contributed by atoms with Gasteiger partial charge in [-0.05, 0) is 59.0 Å². The van der Waals surface area contributed by atoms with Gasteiger partial charge in [-0.3, -0.25) is 9.88 Å². The largest absolute Gasteiger partial charge is 0.326 e. The van der Waals surface area contributed by atoms with Gasteiger partial charge in [0.05, 0.1) is 6.04 Å². The molecule has 1 aliphatic rings. The lowest BCUT2D eigenvalue weighted by Crippen LogP contribution is -2.58. The number of nitrogens with zero attached hydrogens (tertiary/aromatic N) is 3. The lowest BCUT2D eigenvalue weighted by atomic mass is 9.75. The maximum Gasteiger partial charge on any atom is 0.0509 e. The van der Waals surface area contributed by atoms with Gasteiger partial charge in [0, 0.05) is 30.5 Å². The van der Waals surface area contributed by atoms with Crippen LogP contribution in [0.4, 0.5) is 0 Å². The van der Waals surface area contributed by atoms with E-state index in [1.165, 1.54) is 24.8 Å². The fraction of sp³-hybridized carbons (Fsp3) is 0.688. The summed E-state index contributed by atoms with van der Waals surface area (Å²) in [5, 5.41) is 0. The fourth-order valence-corrected chi connectivity index (χ4v) is 3.40. The summed E-state index contributed by atoms with van der Waals surface area (Å²) in [6.45, 7) is 3.14. The third kappa shape index (κ3) is 3.03. The second-order valence-corrected chi connectivity index (χ2v) is 6.48. The SMILES string of the molecule is CC(N)C(c1cccnc1)N(C)CC1(N(C)C)CCC1. The van der Waals surface area contributed by atoms with E-state index in [1.807, 2.05) is 18.5 Å². The Balaban J connectivity index is 2.14. The average molecular weight is 276 g/mol. The van der Waals surface area contributed by atoms with E-state index in [1.54, 1.807) is 0 Å². The molecular weight excluding hydrogens is 248 g/mol. The molecule has 2 N–H and O–H groups in total. The second-order valence-electron chi connectivity index (χ2n) is 6.48. The molecule has 0 saturated heterocycles. The van der Waals surface area contributed by atoms with Gasteiger partial charge in [-0.2, -0.15) is 0 Å². The zero-order valence-electron chi connectivity index (χ0n) is 13.2. The van der Waals surface area contributed by atoms with Crippen molar-refractivity contribution in [2.24, 2.45) is 5.73 Å². The molecule has 1 fully saturated rings. The number of hydrogen-bond donors (Lipinski definition) is 1. The minimum atomic E-state index is 0.0866. The molecule has 1 heterocycles. The van der Waals surface area contributed by atoms with Crippen molar-refractivity contribution in [3.63, 3.8) is 0 Å². The summed E-state index contributed by atoms with van der Waals surface area (Å²) in [5.41, 5.74) is 7.77. The third-order valence-corrected chi connectivity index (χ3v) is 4.78. The Hall–Kier alpha value is -0.970. The Morgan fingerprint density at radius 1 is 1.35 bits per heavy atom. The molecule has 0 aliphatic heterocycles. The predicted molar refractivity (Wildman–Crippen MR) is 83.5 cm³/mol. The van der Waals surface area contributed by atoms with Gasteiger partial charge in [0.1, 0.15) is 0 Å². The summed E-state index contributed by atoms with van der Waals surface area (Å²) in [4.78, 5) is 9.03. The van der Waals surface area contributed by atoms with Gasteiger partial charge in [0.25, 0.3) is 0 Å². The maximum absolute atomic E-state index is 6.24. The topological polar surface area (TPSA) is 45.4 Å². The zero-order chi connectivity index (χ0) is 14.8. The van der Waals surface area contributed by atoms with Crippen LogP contribution in [0.25, 0.3) is 0 Å². The van der Waals surface area contributed by atoms with Crippen molar-refractivity contribution in [3.8, 4) is 0 Å². The molecule has 2 rings (SSSR count). The Kier molecular flexibility index (Phi) is 4.78. The van der Waals surface area contributed by atoms with Crippen LogP contribution in [-0.4, -0.2) is 54.1 Å². The van der Waals surface area contributed by atoms with Crippen molar-refractivity contribution in [2.75, 3.05) is 27.7 Å². The summed E-state index contributed by atoms with van der Waals surface area (Å²) in [7, 11) is 6.57. The molecule has 1 aromatic heterocycles. The molecule has 20 heavy (non-hydrogen) atoms. The highest BCUT2D eigenvalue weighted by Gasteiger charge is 2.41. The predicted octanol–water partition coefficient (Wildman–Crippen LogP) is 1.89. The molecule has 4 nitrogen and oxygen atoms in total. The number of pyridine rings is 1. The Morgan fingerprint density at radius 2 is 2.05 bits per heavy atom. The van der Waals surface area contributed by atoms with Crippen LogP contribution in [0.3, 0.4) is 0 Å². The van der Waals surface area contributed by atoms with E-state index in [0.717, 1.165) is 6.54 Å². The lowest BCUT2D eigenvalue weighted by molar-refractivity contribution is 0.0130. The Morgan fingerprint density at radius 3 is 2.45 bits per heavy atom. The number of likely N-dealkylation sites (N-methyl/N-ethyl adjacent to an activating group) is 2. The first kappa shape index (κ1) is 15.4. The first-order chi connectivity index (χ1) is 9.46. The smallest absolute Gasteiger partial charge is 0.0509 e. The van der Waals surface area contributed by atoms with Crippen molar-refractivity contribution < 1.29 is 0 Å². The molecule has 0 radical (unpaired) electrons. The van der Waals surface area contributed by atoms with E-state index < -0.39 is 0 Å². The van der Waals surface area contributed by atoms with Gasteiger partial charge in [0.2, 0.25) is 0 Å². The van der Waals surface area contributed by atoms with Crippen LogP contribution in [0.2, 0.25) is 0 Å². The minimum Gasteiger partial charge on any atom is -0.326 e. The molecule has 1 saturated carbocycles. The summed E-state index contributed by atoms with van der Waals surface area (Å²) >= 11 is 0. The van der Waals surface area contributed by atoms with Crippen molar-refractivity contribution in [1.29, 1.82) is 0 Å². The molecular formula is C16H28N4. The first-order valence-electron chi connectivity index (χ1n) is 7.49. The number of hydrogen-bond acceptors (Lipinski definition) is 4. The molecule has 2 unspecified atom stereocenters. The highest BCUT2D eigenvalue weighted by atomic mass is 15.2. The Bertz CT molecular complexity index is 412. The van der Waals surface area contributed by atoms with Gasteiger partial charge in [-0.25, -0.2) is 0 Å². The molecule has 4 heteroatoms. The summed E-state index contributed by atoms with van der Waals surface area (Å²) in [6, 6.07) is 4.43. The second kappa shape index (κ2) is 6.20. The summed E-state index contributed by atoms with van der Waals surface area (Å²) in [5.74, 6) is 0. The highest BCUT2D eigenvalue weighted by Crippen LogP contribution is 2.38. The van der Waals surface area contributed by atoms with E-state index in [4.69, 9.17) is 5.73 Å². The summed E-state index contributed by atoms with van der Waals surface area (Å²) < 4.78 is 0. The monoisotopic (exact) mass is 276 g/mol.